The van der Waals surface area contributed by atoms with Gasteiger partial charge in [-0.1, -0.05) is 18.2 Å². The van der Waals surface area contributed by atoms with E-state index in [2.05, 4.69) is 5.10 Å². The number of nitrogens with zero attached hydrogens (tertiary/aromatic N) is 3. The number of amides is 1. The Hall–Kier alpha value is -2.40. The van der Waals surface area contributed by atoms with Gasteiger partial charge >= 0.3 is 0 Å². The van der Waals surface area contributed by atoms with Crippen LogP contribution in [0.15, 0.2) is 48.8 Å². The van der Waals surface area contributed by atoms with Crippen molar-refractivity contribution >= 4 is 12.0 Å². The molecule has 2 atom stereocenters. The Balaban J connectivity index is 1.66. The Morgan fingerprint density at radius 1 is 1.22 bits per heavy atom. The van der Waals surface area contributed by atoms with Gasteiger partial charge in [-0.3, -0.25) is 4.79 Å². The summed E-state index contributed by atoms with van der Waals surface area (Å²) in [4.78, 5) is 14.1. The summed E-state index contributed by atoms with van der Waals surface area (Å²) in [5, 5.41) is 4.32. The van der Waals surface area contributed by atoms with Gasteiger partial charge in [0.05, 0.1) is 24.1 Å². The molecule has 5 nitrogen and oxygen atoms in total. The third-order valence-electron chi connectivity index (χ3n) is 3.77. The molecule has 5 heteroatoms. The van der Waals surface area contributed by atoms with Crippen molar-refractivity contribution in [2.24, 2.45) is 0 Å². The van der Waals surface area contributed by atoms with Gasteiger partial charge in [0.2, 0.25) is 5.91 Å². The zero-order chi connectivity index (χ0) is 16.2. The fourth-order valence-electron chi connectivity index (χ4n) is 2.78. The number of morpholine rings is 1. The zero-order valence-electron chi connectivity index (χ0n) is 13.4. The van der Waals surface area contributed by atoms with Gasteiger partial charge in [0.25, 0.3) is 0 Å². The second kappa shape index (κ2) is 6.79. The van der Waals surface area contributed by atoms with Crippen molar-refractivity contribution in [3.63, 3.8) is 0 Å². The van der Waals surface area contributed by atoms with Crippen molar-refractivity contribution in [3.05, 3.63) is 54.4 Å². The molecule has 0 bridgehead atoms. The Bertz CT molecular complexity index is 683. The van der Waals surface area contributed by atoms with Crippen molar-refractivity contribution in [1.82, 2.24) is 14.7 Å². The molecule has 0 N–H and O–H groups in total. The number of aromatic nitrogens is 2. The fraction of sp³-hybridized carbons (Fsp3) is 0.333. The molecule has 1 fully saturated rings. The summed E-state index contributed by atoms with van der Waals surface area (Å²) in [5.41, 5.74) is 1.89. The molecule has 3 rings (SSSR count). The van der Waals surface area contributed by atoms with Crippen LogP contribution in [0.25, 0.3) is 11.8 Å². The lowest BCUT2D eigenvalue weighted by molar-refractivity contribution is -0.137. The summed E-state index contributed by atoms with van der Waals surface area (Å²) in [6, 6.07) is 9.88. The molecule has 1 amide bonds. The predicted molar refractivity (Wildman–Crippen MR) is 89.2 cm³/mol. The number of carbonyl (C=O) groups is 1. The van der Waals surface area contributed by atoms with Crippen molar-refractivity contribution in [2.75, 3.05) is 13.1 Å². The van der Waals surface area contributed by atoms with E-state index >= 15 is 0 Å². The topological polar surface area (TPSA) is 47.4 Å². The Labute approximate surface area is 136 Å². The van der Waals surface area contributed by atoms with E-state index in [1.54, 1.807) is 23.0 Å². The molecule has 0 radical (unpaired) electrons. The van der Waals surface area contributed by atoms with Crippen LogP contribution >= 0.6 is 0 Å². The Kier molecular flexibility index (Phi) is 4.57. The smallest absolute Gasteiger partial charge is 0.246 e. The Morgan fingerprint density at radius 2 is 1.91 bits per heavy atom. The van der Waals surface area contributed by atoms with E-state index in [1.165, 1.54) is 0 Å². The maximum atomic E-state index is 12.3. The molecule has 0 saturated carbocycles. The quantitative estimate of drug-likeness (QED) is 0.818. The van der Waals surface area contributed by atoms with Gasteiger partial charge < -0.3 is 9.64 Å². The monoisotopic (exact) mass is 311 g/mol. The number of rotatable bonds is 3. The molecule has 1 aromatic heterocycles. The first-order chi connectivity index (χ1) is 11.1. The van der Waals surface area contributed by atoms with Crippen molar-refractivity contribution in [3.8, 4) is 5.69 Å². The summed E-state index contributed by atoms with van der Waals surface area (Å²) in [6.07, 6.45) is 7.23. The van der Waals surface area contributed by atoms with Crippen molar-refractivity contribution in [2.45, 2.75) is 26.1 Å². The van der Waals surface area contributed by atoms with Gasteiger partial charge in [0.1, 0.15) is 0 Å². The third-order valence-corrected chi connectivity index (χ3v) is 3.77. The lowest BCUT2D eigenvalue weighted by atomic mass is 10.2. The number of carbonyl (C=O) groups excluding carboxylic acids is 1. The van der Waals surface area contributed by atoms with E-state index < -0.39 is 0 Å². The van der Waals surface area contributed by atoms with E-state index in [0.29, 0.717) is 13.1 Å². The number of benzene rings is 1. The summed E-state index contributed by atoms with van der Waals surface area (Å²) in [6.45, 7) is 5.25. The number of para-hydroxylation sites is 1. The lowest BCUT2D eigenvalue weighted by Gasteiger charge is -2.34. The average Bonchev–Trinajstić information content (AvgIpc) is 3.01. The van der Waals surface area contributed by atoms with Gasteiger partial charge in [-0.25, -0.2) is 4.68 Å². The highest BCUT2D eigenvalue weighted by Gasteiger charge is 2.24. The molecule has 1 aliphatic rings. The Morgan fingerprint density at radius 3 is 2.61 bits per heavy atom. The molecule has 2 unspecified atom stereocenters. The maximum Gasteiger partial charge on any atom is 0.246 e. The van der Waals surface area contributed by atoms with E-state index in [9.17, 15) is 4.79 Å². The van der Waals surface area contributed by atoms with Crippen LogP contribution in [0.3, 0.4) is 0 Å². The standard InChI is InChI=1S/C18H21N3O2/c1-14-11-20(12-15(2)23-14)18(22)9-8-16-10-19-21(13-16)17-6-4-3-5-7-17/h3-10,13-15H,11-12H2,1-2H3. The average molecular weight is 311 g/mol. The van der Waals surface area contributed by atoms with Crippen LogP contribution in [0, 0.1) is 0 Å². The summed E-state index contributed by atoms with van der Waals surface area (Å²) in [7, 11) is 0. The first kappa shape index (κ1) is 15.5. The SMILES string of the molecule is CC1CN(C(=O)C=Cc2cnn(-c3ccccc3)c2)CC(C)O1. The highest BCUT2D eigenvalue weighted by Crippen LogP contribution is 2.12. The van der Waals surface area contributed by atoms with Crippen LogP contribution in [0.2, 0.25) is 0 Å². The molecule has 0 spiro atoms. The first-order valence-electron chi connectivity index (χ1n) is 7.84. The summed E-state index contributed by atoms with van der Waals surface area (Å²) < 4.78 is 7.44. The van der Waals surface area contributed by atoms with Gasteiger partial charge in [-0.05, 0) is 32.1 Å². The normalized spacial score (nSPS) is 21.7. The molecular weight excluding hydrogens is 290 g/mol. The predicted octanol–water partition coefficient (Wildman–Crippen LogP) is 2.52. The second-order valence-corrected chi connectivity index (χ2v) is 5.89. The number of hydrogen-bond donors (Lipinski definition) is 0. The molecule has 1 aromatic carbocycles. The largest absolute Gasteiger partial charge is 0.372 e. The third kappa shape index (κ3) is 3.87. The minimum Gasteiger partial charge on any atom is -0.372 e. The summed E-state index contributed by atoms with van der Waals surface area (Å²) >= 11 is 0. The van der Waals surface area contributed by atoms with Crippen LogP contribution in [0.5, 0.6) is 0 Å². The van der Waals surface area contributed by atoms with E-state index in [4.69, 9.17) is 4.74 Å². The second-order valence-electron chi connectivity index (χ2n) is 5.89. The molecule has 2 heterocycles. The van der Waals surface area contributed by atoms with Crippen molar-refractivity contribution in [1.29, 1.82) is 0 Å². The zero-order valence-corrected chi connectivity index (χ0v) is 13.4. The highest BCUT2D eigenvalue weighted by molar-refractivity contribution is 5.91. The number of ether oxygens (including phenoxy) is 1. The molecular formula is C18H21N3O2. The van der Waals surface area contributed by atoms with Crippen LogP contribution in [0.4, 0.5) is 0 Å². The van der Waals surface area contributed by atoms with Gasteiger partial charge in [0, 0.05) is 30.9 Å². The minimum atomic E-state index is 0.0134. The molecule has 23 heavy (non-hydrogen) atoms. The van der Waals surface area contributed by atoms with Crippen LogP contribution in [0.1, 0.15) is 19.4 Å². The minimum absolute atomic E-state index is 0.0134. The molecule has 2 aromatic rings. The molecule has 1 aliphatic heterocycles. The fourth-order valence-corrected chi connectivity index (χ4v) is 2.78. The first-order valence-corrected chi connectivity index (χ1v) is 7.84. The number of hydrogen-bond acceptors (Lipinski definition) is 3. The highest BCUT2D eigenvalue weighted by atomic mass is 16.5. The van der Waals surface area contributed by atoms with Crippen molar-refractivity contribution < 1.29 is 9.53 Å². The molecule has 0 aliphatic carbocycles. The van der Waals surface area contributed by atoms with Crippen LogP contribution in [-0.4, -0.2) is 45.9 Å². The van der Waals surface area contributed by atoms with Crippen LogP contribution in [-0.2, 0) is 9.53 Å². The van der Waals surface area contributed by atoms with Crippen LogP contribution < -0.4 is 0 Å². The molecule has 1 saturated heterocycles. The van der Waals surface area contributed by atoms with E-state index in [0.717, 1.165) is 11.3 Å². The lowest BCUT2D eigenvalue weighted by Crippen LogP contribution is -2.47. The summed E-state index contributed by atoms with van der Waals surface area (Å²) in [5.74, 6) is 0.0134. The van der Waals surface area contributed by atoms with E-state index in [-0.39, 0.29) is 18.1 Å². The molecule has 120 valence electrons. The van der Waals surface area contributed by atoms with Gasteiger partial charge in [-0.2, -0.15) is 5.10 Å². The van der Waals surface area contributed by atoms with Gasteiger partial charge in [0.15, 0.2) is 0 Å². The van der Waals surface area contributed by atoms with E-state index in [1.807, 2.05) is 55.3 Å². The van der Waals surface area contributed by atoms with Gasteiger partial charge in [-0.15, -0.1) is 0 Å². The maximum absolute atomic E-state index is 12.3.